The second-order valence-corrected chi connectivity index (χ2v) is 8.63. The van der Waals surface area contributed by atoms with Crippen molar-refractivity contribution in [2.24, 2.45) is 5.92 Å². The fourth-order valence-electron chi connectivity index (χ4n) is 4.81. The SMILES string of the molecule is COc1ccc2cc1O[C@@H]1[C@@H]3C=C[C@@H]4[C@@H](C2)N(C)CC[C@]41OS(=O)(=O)OO3.Cl. The first kappa shape index (κ1) is 19.9. The quantitative estimate of drug-likeness (QED) is 0.490. The summed E-state index contributed by atoms with van der Waals surface area (Å²) in [7, 11) is -0.693. The van der Waals surface area contributed by atoms with E-state index in [0.717, 1.165) is 12.0 Å². The van der Waals surface area contributed by atoms with Crippen LogP contribution in [0.1, 0.15) is 12.0 Å². The van der Waals surface area contributed by atoms with Gasteiger partial charge in [-0.3, -0.25) is 0 Å². The Kier molecular flexibility index (Phi) is 4.88. The summed E-state index contributed by atoms with van der Waals surface area (Å²) in [6, 6.07) is 5.87. The van der Waals surface area contributed by atoms with Crippen LogP contribution >= 0.6 is 12.4 Å². The van der Waals surface area contributed by atoms with Crippen molar-refractivity contribution < 1.29 is 31.3 Å². The van der Waals surface area contributed by atoms with Gasteiger partial charge in [-0.1, -0.05) is 22.6 Å². The number of fused-ring (bicyclic) bond motifs is 2. The summed E-state index contributed by atoms with van der Waals surface area (Å²) < 4.78 is 46.7. The van der Waals surface area contributed by atoms with E-state index in [1.54, 1.807) is 7.11 Å². The van der Waals surface area contributed by atoms with Gasteiger partial charge in [0.25, 0.3) is 0 Å². The molecule has 0 unspecified atom stereocenters. The summed E-state index contributed by atoms with van der Waals surface area (Å²) in [6.07, 6.45) is 3.60. The molecular formula is C18H22ClNO7S. The maximum Gasteiger partial charge on any atom is 0.427 e. The van der Waals surface area contributed by atoms with Crippen LogP contribution in [-0.2, 0) is 30.2 Å². The number of methoxy groups -OCH3 is 1. The first-order valence-electron chi connectivity index (χ1n) is 8.94. The van der Waals surface area contributed by atoms with Crippen molar-refractivity contribution in [3.8, 4) is 11.5 Å². The highest BCUT2D eigenvalue weighted by molar-refractivity contribution is 7.81. The number of benzene rings is 1. The molecule has 5 rings (SSSR count). The van der Waals surface area contributed by atoms with Gasteiger partial charge in [-0.25, -0.2) is 9.07 Å². The molecule has 1 aliphatic carbocycles. The van der Waals surface area contributed by atoms with Crippen molar-refractivity contribution >= 4 is 22.8 Å². The van der Waals surface area contributed by atoms with Gasteiger partial charge in [0.2, 0.25) is 0 Å². The molecule has 5 atom stereocenters. The number of ether oxygens (including phenoxy) is 2. The summed E-state index contributed by atoms with van der Waals surface area (Å²) in [6.45, 7) is 0.671. The number of likely N-dealkylation sites (tertiary alicyclic amines) is 1. The van der Waals surface area contributed by atoms with Crippen LogP contribution in [0, 0.1) is 5.92 Å². The zero-order valence-corrected chi connectivity index (χ0v) is 17.1. The van der Waals surface area contributed by atoms with E-state index in [-0.39, 0.29) is 24.4 Å². The lowest BCUT2D eigenvalue weighted by Gasteiger charge is -2.53. The maximum absolute atomic E-state index is 12.3. The molecular weight excluding hydrogens is 410 g/mol. The highest BCUT2D eigenvalue weighted by Gasteiger charge is 2.62. The van der Waals surface area contributed by atoms with Crippen molar-refractivity contribution in [1.29, 1.82) is 0 Å². The van der Waals surface area contributed by atoms with Crippen LogP contribution in [0.2, 0.25) is 0 Å². The second kappa shape index (κ2) is 6.86. The average molecular weight is 432 g/mol. The molecule has 10 heteroatoms. The minimum absolute atomic E-state index is 0. The molecule has 1 spiro atoms. The van der Waals surface area contributed by atoms with Gasteiger partial charge in [0, 0.05) is 18.5 Å². The van der Waals surface area contributed by atoms with Gasteiger partial charge in [-0.2, -0.15) is 8.42 Å². The van der Waals surface area contributed by atoms with Gasteiger partial charge in [0.15, 0.2) is 23.7 Å². The van der Waals surface area contributed by atoms with Gasteiger partial charge in [-0.15, -0.1) is 12.4 Å². The molecule has 7 bridgehead atoms. The molecule has 1 aromatic rings. The van der Waals surface area contributed by atoms with Crippen molar-refractivity contribution in [3.05, 3.63) is 35.9 Å². The van der Waals surface area contributed by atoms with Crippen LogP contribution in [-0.4, -0.2) is 57.9 Å². The average Bonchev–Trinajstić information content (AvgIpc) is 2.68. The highest BCUT2D eigenvalue weighted by Crippen LogP contribution is 2.49. The Hall–Kier alpha value is -1.36. The lowest BCUT2D eigenvalue weighted by molar-refractivity contribution is -0.248. The summed E-state index contributed by atoms with van der Waals surface area (Å²) in [5, 5.41) is 0. The van der Waals surface area contributed by atoms with Gasteiger partial charge in [0.05, 0.1) is 7.11 Å². The monoisotopic (exact) mass is 431 g/mol. The van der Waals surface area contributed by atoms with Crippen LogP contribution in [0.3, 0.4) is 0 Å². The van der Waals surface area contributed by atoms with E-state index in [4.69, 9.17) is 18.5 Å². The summed E-state index contributed by atoms with van der Waals surface area (Å²) in [5.41, 5.74) is -0.0167. The predicted molar refractivity (Wildman–Crippen MR) is 101 cm³/mol. The Balaban J connectivity index is 0.00000192. The van der Waals surface area contributed by atoms with E-state index >= 15 is 0 Å². The molecule has 0 N–H and O–H groups in total. The summed E-state index contributed by atoms with van der Waals surface area (Å²) in [5.74, 6) is 0.921. The molecule has 8 nitrogen and oxygen atoms in total. The van der Waals surface area contributed by atoms with Crippen LogP contribution < -0.4 is 9.47 Å². The zero-order valence-electron chi connectivity index (χ0n) is 15.4. The number of halogens is 1. The predicted octanol–water partition coefficient (Wildman–Crippen LogP) is 1.64. The maximum atomic E-state index is 12.3. The van der Waals surface area contributed by atoms with Crippen molar-refractivity contribution in [1.82, 2.24) is 4.90 Å². The molecule has 154 valence electrons. The van der Waals surface area contributed by atoms with E-state index < -0.39 is 28.2 Å². The second-order valence-electron chi connectivity index (χ2n) is 7.51. The smallest absolute Gasteiger partial charge is 0.427 e. The fraction of sp³-hybridized carbons (Fsp3) is 0.556. The van der Waals surface area contributed by atoms with E-state index in [1.807, 2.05) is 37.4 Å². The lowest BCUT2D eigenvalue weighted by atomic mass is 9.67. The molecule has 2 fully saturated rings. The van der Waals surface area contributed by atoms with E-state index in [2.05, 4.69) is 9.23 Å². The van der Waals surface area contributed by atoms with Crippen molar-refractivity contribution in [2.75, 3.05) is 20.7 Å². The van der Waals surface area contributed by atoms with Crippen molar-refractivity contribution in [2.45, 2.75) is 36.7 Å². The Morgan fingerprint density at radius 2 is 2.11 bits per heavy atom. The third-order valence-corrected chi connectivity index (χ3v) is 6.87. The van der Waals surface area contributed by atoms with Gasteiger partial charge >= 0.3 is 10.4 Å². The zero-order chi connectivity index (χ0) is 18.8. The van der Waals surface area contributed by atoms with E-state index in [1.165, 1.54) is 0 Å². The minimum Gasteiger partial charge on any atom is -0.493 e. The minimum atomic E-state index is -4.31. The van der Waals surface area contributed by atoms with Gasteiger partial charge in [-0.05, 0) is 37.6 Å². The third-order valence-electron chi connectivity index (χ3n) is 6.11. The van der Waals surface area contributed by atoms with Gasteiger partial charge in [0.1, 0.15) is 5.60 Å². The molecule has 0 aromatic heterocycles. The number of hydrogen-bond acceptors (Lipinski definition) is 8. The van der Waals surface area contributed by atoms with Crippen LogP contribution in [0.25, 0.3) is 0 Å². The Morgan fingerprint density at radius 1 is 1.29 bits per heavy atom. The molecule has 3 aliphatic heterocycles. The fourth-order valence-corrected chi connectivity index (χ4v) is 5.69. The Morgan fingerprint density at radius 3 is 2.89 bits per heavy atom. The van der Waals surface area contributed by atoms with Crippen LogP contribution in [0.4, 0.5) is 0 Å². The summed E-state index contributed by atoms with van der Waals surface area (Å²) in [4.78, 5) is 7.44. The molecule has 28 heavy (non-hydrogen) atoms. The molecule has 4 aliphatic rings. The van der Waals surface area contributed by atoms with Gasteiger partial charge < -0.3 is 14.4 Å². The first-order valence-corrected chi connectivity index (χ1v) is 10.3. The summed E-state index contributed by atoms with van der Waals surface area (Å²) >= 11 is 0. The topological polar surface area (TPSA) is 83.5 Å². The number of piperidine rings is 1. The highest BCUT2D eigenvalue weighted by atomic mass is 35.5. The van der Waals surface area contributed by atoms with Crippen LogP contribution in [0.15, 0.2) is 30.4 Å². The largest absolute Gasteiger partial charge is 0.493 e. The van der Waals surface area contributed by atoms with Crippen molar-refractivity contribution in [3.63, 3.8) is 0 Å². The number of likely N-dealkylation sites (N-methyl/N-ethyl adjacent to an activating group) is 1. The van der Waals surface area contributed by atoms with Crippen LogP contribution in [0.5, 0.6) is 11.5 Å². The van der Waals surface area contributed by atoms with E-state index in [9.17, 15) is 8.42 Å². The molecule has 2 saturated heterocycles. The first-order chi connectivity index (χ1) is 12.9. The third kappa shape index (κ3) is 2.92. The Bertz CT molecular complexity index is 907. The number of hydrogen-bond donors (Lipinski definition) is 0. The molecule has 0 saturated carbocycles. The number of nitrogens with zero attached hydrogens (tertiary/aromatic N) is 1. The number of rotatable bonds is 1. The molecule has 3 heterocycles. The lowest BCUT2D eigenvalue weighted by Crippen LogP contribution is -2.67. The molecule has 0 amide bonds. The molecule has 0 radical (unpaired) electrons. The Labute approximate surface area is 170 Å². The molecule has 1 aromatic carbocycles. The standard InChI is InChI=1S/C18H21NO7S.ClH/c1-19-8-7-18-12-4-6-15(24-26-27(20,21)25-18)17(18)23-16-10-11(9-13(12)19)3-5-14(16)22-2;/h3-6,10,12-13,15,17H,7-9H2,1-2H3;1H/t12-,13-,15+,17-,18+;/m1./s1. The van der Waals surface area contributed by atoms with E-state index in [0.29, 0.717) is 24.5 Å². The normalized spacial score (nSPS) is 37.9.